The van der Waals surface area contributed by atoms with E-state index in [0.717, 1.165) is 79.8 Å². The Morgan fingerprint density at radius 2 is 1.77 bits per heavy atom. The van der Waals surface area contributed by atoms with Gasteiger partial charge in [0.05, 0.1) is 0 Å². The molecule has 2 heterocycles. The Labute approximate surface area is 177 Å². The minimum Gasteiger partial charge on any atom is -0.461 e. The van der Waals surface area contributed by atoms with Crippen molar-refractivity contribution in [3.63, 3.8) is 0 Å². The van der Waals surface area contributed by atoms with Crippen molar-refractivity contribution >= 4 is 17.5 Å². The standard InChI is InChI=1S/C25H30N2O3/c28-24(17-6-2-1-3-7-17)26-21-11-5-10-19(14-21)23-15-20-16-27(13-12-22(20)30-23)25(29)18-8-4-9-18/h5,10-11,14-15,17-18H,1-4,6-9,12-13,16H2,(H,26,28). The Morgan fingerprint density at radius 1 is 0.967 bits per heavy atom. The first kappa shape index (κ1) is 19.4. The van der Waals surface area contributed by atoms with Crippen molar-refractivity contribution in [1.29, 1.82) is 0 Å². The molecule has 0 unspecified atom stereocenters. The fourth-order valence-corrected chi connectivity index (χ4v) is 4.94. The van der Waals surface area contributed by atoms with Crippen LogP contribution in [0.3, 0.4) is 0 Å². The summed E-state index contributed by atoms with van der Waals surface area (Å²) < 4.78 is 6.15. The highest BCUT2D eigenvalue weighted by atomic mass is 16.3. The molecule has 3 aliphatic rings. The van der Waals surface area contributed by atoms with E-state index in [1.54, 1.807) is 0 Å². The maximum Gasteiger partial charge on any atom is 0.227 e. The Bertz CT molecular complexity index is 938. The summed E-state index contributed by atoms with van der Waals surface area (Å²) >= 11 is 0. The molecule has 5 nitrogen and oxygen atoms in total. The van der Waals surface area contributed by atoms with E-state index in [0.29, 0.717) is 12.5 Å². The van der Waals surface area contributed by atoms with E-state index in [-0.39, 0.29) is 17.7 Å². The van der Waals surface area contributed by atoms with Crippen LogP contribution in [0.15, 0.2) is 34.7 Å². The predicted molar refractivity (Wildman–Crippen MR) is 116 cm³/mol. The van der Waals surface area contributed by atoms with Gasteiger partial charge in [0.2, 0.25) is 11.8 Å². The van der Waals surface area contributed by atoms with Crippen LogP contribution >= 0.6 is 0 Å². The summed E-state index contributed by atoms with van der Waals surface area (Å²) in [6.07, 6.45) is 9.55. The van der Waals surface area contributed by atoms with Gasteiger partial charge in [0.15, 0.2) is 0 Å². The highest BCUT2D eigenvalue weighted by Crippen LogP contribution is 2.34. The quantitative estimate of drug-likeness (QED) is 0.764. The number of carbonyl (C=O) groups is 2. The molecule has 5 rings (SSSR count). The smallest absolute Gasteiger partial charge is 0.227 e. The van der Waals surface area contributed by atoms with Gasteiger partial charge in [-0.3, -0.25) is 9.59 Å². The molecule has 5 heteroatoms. The lowest BCUT2D eigenvalue weighted by Crippen LogP contribution is -2.41. The van der Waals surface area contributed by atoms with Gasteiger partial charge in [-0.2, -0.15) is 0 Å². The molecule has 1 N–H and O–H groups in total. The third-order valence-corrected chi connectivity index (χ3v) is 7.02. The summed E-state index contributed by atoms with van der Waals surface area (Å²) in [6, 6.07) is 9.96. The summed E-state index contributed by atoms with van der Waals surface area (Å²) in [5, 5.41) is 3.10. The van der Waals surface area contributed by atoms with Crippen molar-refractivity contribution < 1.29 is 14.0 Å². The Kier molecular flexibility index (Phi) is 5.36. The molecule has 0 atom stereocenters. The highest BCUT2D eigenvalue weighted by molar-refractivity contribution is 5.93. The normalized spacial score (nSPS) is 19.8. The number of fused-ring (bicyclic) bond motifs is 1. The summed E-state index contributed by atoms with van der Waals surface area (Å²) in [7, 11) is 0. The van der Waals surface area contributed by atoms with Gasteiger partial charge in [0.25, 0.3) is 0 Å². The van der Waals surface area contributed by atoms with Crippen LogP contribution in [0.2, 0.25) is 0 Å². The Hall–Kier alpha value is -2.56. The van der Waals surface area contributed by atoms with E-state index in [2.05, 4.69) is 11.4 Å². The van der Waals surface area contributed by atoms with Crippen LogP contribution in [-0.2, 0) is 22.6 Å². The topological polar surface area (TPSA) is 62.6 Å². The summed E-state index contributed by atoms with van der Waals surface area (Å²) in [5.74, 6) is 2.61. The molecular weight excluding hydrogens is 376 g/mol. The number of rotatable bonds is 4. The fraction of sp³-hybridized carbons (Fsp3) is 0.520. The van der Waals surface area contributed by atoms with Crippen molar-refractivity contribution in [3.8, 4) is 11.3 Å². The molecule has 1 aromatic carbocycles. The zero-order chi connectivity index (χ0) is 20.5. The number of amides is 2. The molecule has 0 spiro atoms. The lowest BCUT2D eigenvalue weighted by atomic mass is 9.84. The van der Waals surface area contributed by atoms with Crippen LogP contribution < -0.4 is 5.32 Å². The zero-order valence-electron chi connectivity index (χ0n) is 17.5. The first-order chi connectivity index (χ1) is 14.7. The molecule has 0 radical (unpaired) electrons. The van der Waals surface area contributed by atoms with E-state index in [1.807, 2.05) is 29.2 Å². The van der Waals surface area contributed by atoms with Crippen LogP contribution in [0.1, 0.15) is 62.7 Å². The van der Waals surface area contributed by atoms with Gasteiger partial charge in [0, 0.05) is 48.2 Å². The van der Waals surface area contributed by atoms with Gasteiger partial charge in [-0.05, 0) is 43.9 Å². The molecule has 2 fully saturated rings. The average molecular weight is 407 g/mol. The average Bonchev–Trinajstić information content (AvgIpc) is 3.17. The molecule has 2 amide bonds. The third-order valence-electron chi connectivity index (χ3n) is 7.02. The van der Waals surface area contributed by atoms with Crippen LogP contribution in [0.4, 0.5) is 5.69 Å². The Balaban J connectivity index is 1.28. The number of nitrogens with one attached hydrogen (secondary N) is 1. The van der Waals surface area contributed by atoms with Crippen LogP contribution in [0.5, 0.6) is 0 Å². The molecule has 2 aromatic rings. The molecule has 2 aliphatic carbocycles. The van der Waals surface area contributed by atoms with Crippen LogP contribution in [0, 0.1) is 11.8 Å². The largest absolute Gasteiger partial charge is 0.461 e. The van der Waals surface area contributed by atoms with E-state index in [9.17, 15) is 9.59 Å². The molecule has 0 saturated heterocycles. The number of hydrogen-bond donors (Lipinski definition) is 1. The molecular formula is C25H30N2O3. The lowest BCUT2D eigenvalue weighted by molar-refractivity contribution is -0.139. The van der Waals surface area contributed by atoms with E-state index in [1.165, 1.54) is 12.8 Å². The number of carbonyl (C=O) groups excluding carboxylic acids is 2. The fourth-order valence-electron chi connectivity index (χ4n) is 4.94. The second kappa shape index (κ2) is 8.29. The molecule has 30 heavy (non-hydrogen) atoms. The first-order valence-electron chi connectivity index (χ1n) is 11.5. The molecule has 1 aliphatic heterocycles. The maximum absolute atomic E-state index is 12.6. The number of anilines is 1. The van der Waals surface area contributed by atoms with E-state index < -0.39 is 0 Å². The number of furan rings is 1. The molecule has 2 saturated carbocycles. The van der Waals surface area contributed by atoms with Crippen molar-refractivity contribution in [2.24, 2.45) is 11.8 Å². The SMILES string of the molecule is O=C(Nc1cccc(-c2cc3c(o2)CCN(C(=O)C2CCC2)C3)c1)C1CCCCC1. The van der Waals surface area contributed by atoms with Gasteiger partial charge in [-0.15, -0.1) is 0 Å². The second-order valence-electron chi connectivity index (χ2n) is 9.10. The summed E-state index contributed by atoms with van der Waals surface area (Å²) in [5.41, 5.74) is 2.89. The van der Waals surface area contributed by atoms with Gasteiger partial charge < -0.3 is 14.6 Å². The molecule has 1 aromatic heterocycles. The molecule has 0 bridgehead atoms. The van der Waals surface area contributed by atoms with Crippen molar-refractivity contribution in [2.45, 2.75) is 64.3 Å². The van der Waals surface area contributed by atoms with Gasteiger partial charge in [0.1, 0.15) is 11.5 Å². The Morgan fingerprint density at radius 3 is 2.53 bits per heavy atom. The predicted octanol–water partition coefficient (Wildman–Crippen LogP) is 5.15. The highest BCUT2D eigenvalue weighted by Gasteiger charge is 2.32. The van der Waals surface area contributed by atoms with E-state index >= 15 is 0 Å². The third kappa shape index (κ3) is 3.90. The number of benzene rings is 1. The second-order valence-corrected chi connectivity index (χ2v) is 9.10. The van der Waals surface area contributed by atoms with Gasteiger partial charge >= 0.3 is 0 Å². The minimum absolute atomic E-state index is 0.135. The first-order valence-corrected chi connectivity index (χ1v) is 11.5. The van der Waals surface area contributed by atoms with Crippen molar-refractivity contribution in [2.75, 3.05) is 11.9 Å². The van der Waals surface area contributed by atoms with Crippen molar-refractivity contribution in [1.82, 2.24) is 4.90 Å². The molecule has 158 valence electrons. The summed E-state index contributed by atoms with van der Waals surface area (Å²) in [4.78, 5) is 27.2. The number of nitrogens with zero attached hydrogens (tertiary/aromatic N) is 1. The van der Waals surface area contributed by atoms with Crippen LogP contribution in [0.25, 0.3) is 11.3 Å². The summed E-state index contributed by atoms with van der Waals surface area (Å²) in [6.45, 7) is 1.39. The monoisotopic (exact) mass is 406 g/mol. The minimum atomic E-state index is 0.135. The number of hydrogen-bond acceptors (Lipinski definition) is 3. The zero-order valence-corrected chi connectivity index (χ0v) is 17.5. The van der Waals surface area contributed by atoms with Crippen LogP contribution in [-0.4, -0.2) is 23.3 Å². The van der Waals surface area contributed by atoms with E-state index in [4.69, 9.17) is 4.42 Å². The van der Waals surface area contributed by atoms with Gasteiger partial charge in [-0.25, -0.2) is 0 Å². The lowest BCUT2D eigenvalue weighted by Gasteiger charge is -2.33. The maximum atomic E-state index is 12.6. The van der Waals surface area contributed by atoms with Gasteiger partial charge in [-0.1, -0.05) is 37.8 Å². The van der Waals surface area contributed by atoms with Crippen molar-refractivity contribution in [3.05, 3.63) is 41.7 Å².